The van der Waals surface area contributed by atoms with Crippen LogP contribution in [0.2, 0.25) is 0 Å². The number of amides is 1. The number of hydrogen-bond acceptors (Lipinski definition) is 9. The van der Waals surface area contributed by atoms with Crippen LogP contribution < -0.4 is 5.32 Å². The van der Waals surface area contributed by atoms with Crippen LogP contribution in [-0.4, -0.2) is 74.7 Å². The number of benzene rings is 1. The molecule has 4 aromatic rings. The highest BCUT2D eigenvalue weighted by molar-refractivity contribution is 7.91. The molecule has 1 aromatic carbocycles. The van der Waals surface area contributed by atoms with E-state index in [2.05, 4.69) is 20.4 Å². The number of hydrogen-bond donors (Lipinski definition) is 3. The first-order valence-electron chi connectivity index (χ1n) is 11.6. The average Bonchev–Trinajstić information content (AvgIpc) is 3.51. The second-order valence-electron chi connectivity index (χ2n) is 8.43. The Balaban J connectivity index is 1.70. The predicted molar refractivity (Wildman–Crippen MR) is 136 cm³/mol. The molecule has 11 nitrogen and oxygen atoms in total. The van der Waals surface area contributed by atoms with Crippen molar-refractivity contribution in [2.75, 3.05) is 31.6 Å². The van der Waals surface area contributed by atoms with Crippen molar-refractivity contribution in [3.05, 3.63) is 59.0 Å². The molecular formula is C23H21F5N6O5S2. The van der Waals surface area contributed by atoms with Crippen molar-refractivity contribution in [3.8, 4) is 11.3 Å². The lowest BCUT2D eigenvalue weighted by molar-refractivity contribution is -0.137. The molecule has 0 saturated carbocycles. The second-order valence-corrected chi connectivity index (χ2v) is 11.6. The Hall–Kier alpha value is -3.58. The van der Waals surface area contributed by atoms with E-state index >= 15 is 0 Å². The zero-order valence-corrected chi connectivity index (χ0v) is 22.6. The molecule has 18 heteroatoms. The van der Waals surface area contributed by atoms with E-state index in [1.54, 1.807) is 0 Å². The number of carbonyl (C=O) groups is 1. The van der Waals surface area contributed by atoms with E-state index in [9.17, 15) is 45.4 Å². The second kappa shape index (κ2) is 11.7. The molecule has 0 fully saturated rings. The molecule has 3 aromatic heterocycles. The van der Waals surface area contributed by atoms with Crippen molar-refractivity contribution < 1.29 is 45.4 Å². The van der Waals surface area contributed by atoms with Gasteiger partial charge >= 0.3 is 6.18 Å². The van der Waals surface area contributed by atoms with Crippen LogP contribution in [0.3, 0.4) is 0 Å². The third kappa shape index (κ3) is 6.20. The van der Waals surface area contributed by atoms with E-state index in [-0.39, 0.29) is 50.6 Å². The maximum atomic E-state index is 13.9. The molecule has 0 spiro atoms. The van der Waals surface area contributed by atoms with Gasteiger partial charge in [0.05, 0.1) is 36.4 Å². The van der Waals surface area contributed by atoms with Crippen LogP contribution in [0.15, 0.2) is 40.7 Å². The number of aryl methyl sites for hydroxylation is 1. The van der Waals surface area contributed by atoms with Crippen LogP contribution in [0.1, 0.15) is 33.7 Å². The van der Waals surface area contributed by atoms with Gasteiger partial charge in [0.2, 0.25) is 0 Å². The number of fused-ring (bicyclic) bond motifs is 1. The monoisotopic (exact) mass is 620 g/mol. The van der Waals surface area contributed by atoms with Gasteiger partial charge in [0.1, 0.15) is 11.3 Å². The van der Waals surface area contributed by atoms with E-state index in [0.717, 1.165) is 45.3 Å². The Bertz CT molecular complexity index is 1670. The highest BCUT2D eigenvalue weighted by atomic mass is 32.2. The van der Waals surface area contributed by atoms with Gasteiger partial charge in [-0.15, -0.1) is 0 Å². The third-order valence-corrected chi connectivity index (χ3v) is 9.28. The zero-order chi connectivity index (χ0) is 30.1. The summed E-state index contributed by atoms with van der Waals surface area (Å²) in [5.74, 6) is -0.919. The van der Waals surface area contributed by atoms with Gasteiger partial charge < -0.3 is 10.2 Å². The molecule has 4 rings (SSSR count). The fraction of sp³-hybridized carbons (Fsp3) is 0.304. The highest BCUT2D eigenvalue weighted by Gasteiger charge is 2.31. The zero-order valence-electron chi connectivity index (χ0n) is 20.9. The Morgan fingerprint density at radius 1 is 1.12 bits per heavy atom. The van der Waals surface area contributed by atoms with Crippen molar-refractivity contribution >= 4 is 38.0 Å². The number of carbonyl (C=O) groups excluding carboxylic acids is 1. The van der Waals surface area contributed by atoms with E-state index in [4.69, 9.17) is 0 Å². The summed E-state index contributed by atoms with van der Waals surface area (Å²) in [6.45, 7) is -0.209. The van der Waals surface area contributed by atoms with Gasteiger partial charge in [-0.1, -0.05) is 23.5 Å². The summed E-state index contributed by atoms with van der Waals surface area (Å²) < 4.78 is 93.9. The van der Waals surface area contributed by atoms with Crippen LogP contribution in [0.4, 0.5) is 27.1 Å². The third-order valence-electron chi connectivity index (χ3n) is 5.72. The molecule has 0 bridgehead atoms. The number of thiazole rings is 1. The summed E-state index contributed by atoms with van der Waals surface area (Å²) in [6.07, 6.45) is -6.73. The maximum absolute atomic E-state index is 13.9. The quantitative estimate of drug-likeness (QED) is 0.229. The lowest BCUT2D eigenvalue weighted by Crippen LogP contribution is -2.35. The minimum absolute atomic E-state index is 0.0220. The molecule has 0 aliphatic rings. The van der Waals surface area contributed by atoms with Gasteiger partial charge in [0, 0.05) is 18.7 Å². The maximum Gasteiger partial charge on any atom is 0.416 e. The van der Waals surface area contributed by atoms with Gasteiger partial charge in [0.25, 0.3) is 22.4 Å². The molecule has 0 radical (unpaired) electrons. The first-order chi connectivity index (χ1) is 19.3. The van der Waals surface area contributed by atoms with Crippen LogP contribution in [0.5, 0.6) is 0 Å². The molecule has 0 unspecified atom stereocenters. The van der Waals surface area contributed by atoms with Crippen molar-refractivity contribution in [1.29, 1.82) is 0 Å². The highest BCUT2D eigenvalue weighted by Crippen LogP contribution is 2.33. The number of sulfonamides is 1. The first-order valence-corrected chi connectivity index (χ1v) is 13.9. The lowest BCUT2D eigenvalue weighted by Gasteiger charge is -2.19. The fourth-order valence-electron chi connectivity index (χ4n) is 3.81. The van der Waals surface area contributed by atoms with Crippen molar-refractivity contribution in [2.24, 2.45) is 0 Å². The van der Waals surface area contributed by atoms with Gasteiger partial charge in [-0.05, 0) is 25.1 Å². The summed E-state index contributed by atoms with van der Waals surface area (Å²) in [5, 5.41) is 24.4. The largest absolute Gasteiger partial charge is 0.416 e. The average molecular weight is 621 g/mol. The van der Waals surface area contributed by atoms with Crippen molar-refractivity contribution in [3.63, 3.8) is 0 Å². The Labute approximate surface area is 232 Å². The fourth-order valence-corrected chi connectivity index (χ4v) is 6.78. The number of anilines is 1. The van der Waals surface area contributed by atoms with Gasteiger partial charge in [-0.3, -0.25) is 10.1 Å². The van der Waals surface area contributed by atoms with E-state index in [0.29, 0.717) is 11.3 Å². The van der Waals surface area contributed by atoms with E-state index in [1.165, 1.54) is 6.92 Å². The van der Waals surface area contributed by atoms with Crippen LogP contribution in [0.25, 0.3) is 16.9 Å². The number of nitrogens with zero attached hydrogens (tertiary/aromatic N) is 5. The predicted octanol–water partition coefficient (Wildman–Crippen LogP) is 3.35. The molecule has 41 heavy (non-hydrogen) atoms. The summed E-state index contributed by atoms with van der Waals surface area (Å²) in [6, 6.07) is 4.60. The van der Waals surface area contributed by atoms with Crippen LogP contribution >= 0.6 is 11.3 Å². The number of alkyl halides is 5. The molecule has 3 heterocycles. The Kier molecular flexibility index (Phi) is 8.69. The standard InChI is InChI=1S/C23H21F5N6O5S2/c1-12-21(41(38,39)33(6-8-35)7-9-36)40-22(30-12)32-20(37)15-11-29-34-17(18(24)25)10-16(31-19(15)34)13-2-4-14(5-3-13)23(26,27)28/h2-5,10-11,18,35-36H,6-9H2,1H3,(H,30,32,37). The van der Waals surface area contributed by atoms with Crippen LogP contribution in [-0.2, 0) is 16.2 Å². The lowest BCUT2D eigenvalue weighted by atomic mass is 10.1. The summed E-state index contributed by atoms with van der Waals surface area (Å²) in [5.41, 5.74) is -2.27. The van der Waals surface area contributed by atoms with Gasteiger partial charge in [-0.2, -0.15) is 22.6 Å². The van der Waals surface area contributed by atoms with E-state index in [1.807, 2.05) is 0 Å². The number of aliphatic hydroxyl groups excluding tert-OH is 2. The van der Waals surface area contributed by atoms with Crippen LogP contribution in [0, 0.1) is 6.92 Å². The summed E-state index contributed by atoms with van der Waals surface area (Å²) in [4.78, 5) is 21.3. The molecule has 0 atom stereocenters. The Morgan fingerprint density at radius 3 is 2.32 bits per heavy atom. The Morgan fingerprint density at radius 2 is 1.76 bits per heavy atom. The molecule has 1 amide bonds. The number of nitrogens with one attached hydrogen (secondary N) is 1. The number of aliphatic hydroxyl groups is 2. The first kappa shape index (κ1) is 30.4. The van der Waals surface area contributed by atoms with E-state index < -0.39 is 53.0 Å². The molecule has 3 N–H and O–H groups in total. The number of aromatic nitrogens is 4. The van der Waals surface area contributed by atoms with Crippen molar-refractivity contribution in [2.45, 2.75) is 23.7 Å². The number of halogens is 5. The molecule has 0 aliphatic carbocycles. The molecular weight excluding hydrogens is 599 g/mol. The van der Waals surface area contributed by atoms with Gasteiger partial charge in [-0.25, -0.2) is 31.7 Å². The number of rotatable bonds is 10. The molecule has 220 valence electrons. The minimum Gasteiger partial charge on any atom is -0.395 e. The van der Waals surface area contributed by atoms with Crippen molar-refractivity contribution in [1.82, 2.24) is 23.9 Å². The SMILES string of the molecule is Cc1nc(NC(=O)c2cnn3c(C(F)F)cc(-c4ccc(C(F)(F)F)cc4)nc23)sc1S(=O)(=O)N(CCO)CCO. The molecule has 0 saturated heterocycles. The minimum atomic E-state index is -4.61. The summed E-state index contributed by atoms with van der Waals surface area (Å²) >= 11 is 0.593. The van der Waals surface area contributed by atoms with Gasteiger partial charge in [0.15, 0.2) is 15.0 Å². The molecule has 0 aliphatic heterocycles. The normalized spacial score (nSPS) is 12.5. The smallest absolute Gasteiger partial charge is 0.395 e. The topological polar surface area (TPSA) is 150 Å². The summed E-state index contributed by atoms with van der Waals surface area (Å²) in [7, 11) is -4.19.